The molecule has 5 heteroatoms. The molecule has 0 aliphatic heterocycles. The molecule has 0 atom stereocenters. The fraction of sp³-hybridized carbons (Fsp3) is 0.200. The highest BCUT2D eigenvalue weighted by Crippen LogP contribution is 2.34. The lowest BCUT2D eigenvalue weighted by molar-refractivity contribution is 0.420. The van der Waals surface area contributed by atoms with Crippen LogP contribution < -0.4 is 16.0 Å². The van der Waals surface area contributed by atoms with E-state index in [0.717, 1.165) is 16.7 Å². The Morgan fingerprint density at radius 1 is 0.429 bits per heavy atom. The van der Waals surface area contributed by atoms with Crippen molar-refractivity contribution in [3.8, 4) is 11.5 Å². The van der Waals surface area contributed by atoms with Gasteiger partial charge in [0.05, 0.1) is 5.56 Å². The second-order valence-electron chi connectivity index (χ2n) is 8.64. The summed E-state index contributed by atoms with van der Waals surface area (Å²) in [5, 5.41) is 32.2. The van der Waals surface area contributed by atoms with E-state index in [0.29, 0.717) is 44.8 Å². The van der Waals surface area contributed by atoms with Gasteiger partial charge < -0.3 is 26.2 Å². The number of benzene rings is 4. The summed E-state index contributed by atoms with van der Waals surface area (Å²) in [6, 6.07) is 32.3. The van der Waals surface area contributed by atoms with Crippen molar-refractivity contribution < 1.29 is 10.2 Å². The molecule has 0 radical (unpaired) electrons. The van der Waals surface area contributed by atoms with Crippen molar-refractivity contribution in [3.63, 3.8) is 0 Å². The molecule has 0 aliphatic carbocycles. The molecule has 0 bridgehead atoms. The Morgan fingerprint density at radius 2 is 0.771 bits per heavy atom. The highest BCUT2D eigenvalue weighted by molar-refractivity contribution is 5.53. The topological polar surface area (TPSA) is 76.5 Å². The molecular formula is C30H33N3O2. The summed E-state index contributed by atoms with van der Waals surface area (Å²) < 4.78 is 0. The van der Waals surface area contributed by atoms with E-state index in [1.165, 1.54) is 11.1 Å². The third-order valence-electron chi connectivity index (χ3n) is 5.98. The van der Waals surface area contributed by atoms with E-state index in [2.05, 4.69) is 52.3 Å². The van der Waals surface area contributed by atoms with Gasteiger partial charge in [-0.3, -0.25) is 0 Å². The van der Waals surface area contributed by atoms with Crippen molar-refractivity contribution in [2.45, 2.75) is 39.3 Å². The van der Waals surface area contributed by atoms with Crippen molar-refractivity contribution in [1.82, 2.24) is 16.0 Å². The largest absolute Gasteiger partial charge is 0.507 e. The van der Waals surface area contributed by atoms with Gasteiger partial charge in [0, 0.05) is 50.4 Å². The lowest BCUT2D eigenvalue weighted by Gasteiger charge is -2.18. The first kappa shape index (κ1) is 24.5. The Balaban J connectivity index is 1.47. The summed E-state index contributed by atoms with van der Waals surface area (Å²) in [4.78, 5) is 0. The molecular weight excluding hydrogens is 434 g/mol. The molecule has 35 heavy (non-hydrogen) atoms. The molecule has 4 aromatic rings. The van der Waals surface area contributed by atoms with Gasteiger partial charge in [0.2, 0.25) is 0 Å². The van der Waals surface area contributed by atoms with Gasteiger partial charge in [-0.1, -0.05) is 91.0 Å². The van der Waals surface area contributed by atoms with Gasteiger partial charge in [-0.2, -0.15) is 0 Å². The van der Waals surface area contributed by atoms with E-state index in [4.69, 9.17) is 0 Å². The maximum absolute atomic E-state index is 11.0. The molecule has 0 spiro atoms. The van der Waals surface area contributed by atoms with Crippen molar-refractivity contribution in [3.05, 3.63) is 130 Å². The lowest BCUT2D eigenvalue weighted by atomic mass is 10.0. The molecule has 4 aromatic carbocycles. The molecule has 0 amide bonds. The van der Waals surface area contributed by atoms with Crippen LogP contribution in [0.25, 0.3) is 0 Å². The van der Waals surface area contributed by atoms with Crippen LogP contribution in [0, 0.1) is 0 Å². The number of hydrogen-bond acceptors (Lipinski definition) is 5. The molecule has 180 valence electrons. The average Bonchev–Trinajstić information content (AvgIpc) is 2.90. The second kappa shape index (κ2) is 12.7. The third-order valence-corrected chi connectivity index (χ3v) is 5.98. The highest BCUT2D eigenvalue weighted by atomic mass is 16.3. The molecule has 0 aromatic heterocycles. The molecule has 0 saturated heterocycles. The number of nitrogens with one attached hydrogen (secondary N) is 3. The lowest BCUT2D eigenvalue weighted by Crippen LogP contribution is -2.18. The summed E-state index contributed by atoms with van der Waals surface area (Å²) in [6.07, 6.45) is 0. The van der Waals surface area contributed by atoms with Crippen LogP contribution in [0.5, 0.6) is 11.5 Å². The van der Waals surface area contributed by atoms with Crippen molar-refractivity contribution in [2.75, 3.05) is 0 Å². The average molecular weight is 468 g/mol. The number of phenols is 2. The molecule has 5 nitrogen and oxygen atoms in total. The number of aromatic hydroxyl groups is 2. The van der Waals surface area contributed by atoms with Crippen LogP contribution in [0.3, 0.4) is 0 Å². The first-order valence-corrected chi connectivity index (χ1v) is 12.0. The van der Waals surface area contributed by atoms with Gasteiger partial charge in [0.15, 0.2) is 0 Å². The van der Waals surface area contributed by atoms with E-state index in [-0.39, 0.29) is 11.5 Å². The highest BCUT2D eigenvalue weighted by Gasteiger charge is 2.17. The van der Waals surface area contributed by atoms with Crippen LogP contribution in [0.15, 0.2) is 97.1 Å². The Bertz CT molecular complexity index is 1110. The van der Waals surface area contributed by atoms with Crippen molar-refractivity contribution >= 4 is 0 Å². The fourth-order valence-electron chi connectivity index (χ4n) is 4.09. The SMILES string of the molecule is Oc1c(CNCc2ccccc2)cc(CNCc2ccccc2)c(O)c1CNCc1ccccc1. The molecule has 0 heterocycles. The fourth-order valence-corrected chi connectivity index (χ4v) is 4.09. The van der Waals surface area contributed by atoms with Gasteiger partial charge in [0.1, 0.15) is 11.5 Å². The van der Waals surface area contributed by atoms with Crippen LogP contribution >= 0.6 is 0 Å². The Labute approximate surface area is 207 Å². The standard InChI is InChI=1S/C30H33N3O2/c34-29-26(20-31-17-23-10-4-1-5-11-23)16-27(21-32-18-24-12-6-2-7-13-24)30(35)28(29)22-33-19-25-14-8-3-9-15-25/h1-16,31-35H,17-22H2. The maximum atomic E-state index is 11.0. The summed E-state index contributed by atoms with van der Waals surface area (Å²) in [5.74, 6) is 0.269. The summed E-state index contributed by atoms with van der Waals surface area (Å²) in [5.41, 5.74) is 5.58. The summed E-state index contributed by atoms with van der Waals surface area (Å²) in [7, 11) is 0. The molecule has 4 rings (SSSR count). The van der Waals surface area contributed by atoms with Crippen LogP contribution in [-0.2, 0) is 39.3 Å². The third kappa shape index (κ3) is 7.17. The van der Waals surface area contributed by atoms with Gasteiger partial charge in [-0.05, 0) is 22.8 Å². The van der Waals surface area contributed by atoms with E-state index in [9.17, 15) is 10.2 Å². The van der Waals surface area contributed by atoms with Crippen molar-refractivity contribution in [2.24, 2.45) is 0 Å². The Kier molecular flexibility index (Phi) is 8.90. The van der Waals surface area contributed by atoms with Crippen LogP contribution in [-0.4, -0.2) is 10.2 Å². The van der Waals surface area contributed by atoms with Gasteiger partial charge in [-0.15, -0.1) is 0 Å². The number of rotatable bonds is 12. The first-order valence-electron chi connectivity index (χ1n) is 12.0. The Morgan fingerprint density at radius 3 is 1.14 bits per heavy atom. The monoisotopic (exact) mass is 467 g/mol. The molecule has 5 N–H and O–H groups in total. The quantitative estimate of drug-likeness (QED) is 0.203. The zero-order chi connectivity index (χ0) is 24.3. The van der Waals surface area contributed by atoms with Gasteiger partial charge >= 0.3 is 0 Å². The predicted octanol–water partition coefficient (Wildman–Crippen LogP) is 4.97. The van der Waals surface area contributed by atoms with Crippen LogP contribution in [0.1, 0.15) is 33.4 Å². The minimum Gasteiger partial charge on any atom is -0.507 e. The smallest absolute Gasteiger partial charge is 0.128 e. The molecule has 0 fully saturated rings. The van der Waals surface area contributed by atoms with Crippen LogP contribution in [0.2, 0.25) is 0 Å². The minimum absolute atomic E-state index is 0.135. The van der Waals surface area contributed by atoms with Crippen LogP contribution in [0.4, 0.5) is 0 Å². The Hall–Kier alpha value is -3.64. The first-order chi connectivity index (χ1) is 17.2. The zero-order valence-electron chi connectivity index (χ0n) is 19.9. The minimum atomic E-state index is 0.135. The molecule has 0 saturated carbocycles. The second-order valence-corrected chi connectivity index (χ2v) is 8.64. The summed E-state index contributed by atoms with van der Waals surface area (Å²) in [6.45, 7) is 3.41. The summed E-state index contributed by atoms with van der Waals surface area (Å²) >= 11 is 0. The van der Waals surface area contributed by atoms with E-state index in [1.807, 2.05) is 60.7 Å². The van der Waals surface area contributed by atoms with Gasteiger partial charge in [0.25, 0.3) is 0 Å². The number of hydrogen-bond donors (Lipinski definition) is 5. The normalized spacial score (nSPS) is 11.0. The van der Waals surface area contributed by atoms with Crippen molar-refractivity contribution in [1.29, 1.82) is 0 Å². The van der Waals surface area contributed by atoms with E-state index >= 15 is 0 Å². The van der Waals surface area contributed by atoms with E-state index in [1.54, 1.807) is 0 Å². The maximum Gasteiger partial charge on any atom is 0.128 e. The number of phenolic OH excluding ortho intramolecular Hbond substituents is 2. The van der Waals surface area contributed by atoms with Gasteiger partial charge in [-0.25, -0.2) is 0 Å². The van der Waals surface area contributed by atoms with E-state index < -0.39 is 0 Å². The molecule has 0 aliphatic rings. The molecule has 0 unspecified atom stereocenters. The zero-order valence-corrected chi connectivity index (χ0v) is 19.9. The predicted molar refractivity (Wildman–Crippen MR) is 141 cm³/mol.